The third-order valence-electron chi connectivity index (χ3n) is 8.07. The molecule has 35 heavy (non-hydrogen) atoms. The molecule has 3 N–H and O–H groups in total. The Morgan fingerprint density at radius 2 is 1.94 bits per heavy atom. The van der Waals surface area contributed by atoms with Gasteiger partial charge in [0, 0.05) is 17.7 Å². The number of fused-ring (bicyclic) bond motifs is 1. The fourth-order valence-electron chi connectivity index (χ4n) is 5.19. The predicted octanol–water partition coefficient (Wildman–Crippen LogP) is 4.05. The summed E-state index contributed by atoms with van der Waals surface area (Å²) in [4.78, 5) is 30.8. The number of nitrogens with zero attached hydrogens (tertiary/aromatic N) is 1. The van der Waals surface area contributed by atoms with Crippen LogP contribution in [0.2, 0.25) is 0 Å². The van der Waals surface area contributed by atoms with Crippen LogP contribution in [0.15, 0.2) is 11.0 Å². The number of aliphatic hydroxyl groups is 2. The second-order valence-corrected chi connectivity index (χ2v) is 12.5. The monoisotopic (exact) mass is 506 g/mol. The molecule has 0 aliphatic carbocycles. The van der Waals surface area contributed by atoms with Gasteiger partial charge in [0.2, 0.25) is 5.91 Å². The molecule has 0 saturated carbocycles. The Hall–Kier alpha value is -1.61. The van der Waals surface area contributed by atoms with Crippen LogP contribution < -0.4 is 5.32 Å². The van der Waals surface area contributed by atoms with Crippen molar-refractivity contribution in [2.24, 2.45) is 17.3 Å². The third kappa shape index (κ3) is 6.59. The van der Waals surface area contributed by atoms with Gasteiger partial charge in [0.15, 0.2) is 0 Å². The van der Waals surface area contributed by atoms with E-state index in [1.54, 1.807) is 32.1 Å². The van der Waals surface area contributed by atoms with E-state index in [-0.39, 0.29) is 41.8 Å². The van der Waals surface area contributed by atoms with E-state index >= 15 is 0 Å². The number of rotatable bonds is 2. The molecule has 0 radical (unpaired) electrons. The molecule has 7 nitrogen and oxygen atoms in total. The molecule has 196 valence electrons. The van der Waals surface area contributed by atoms with Gasteiger partial charge in [-0.2, -0.15) is 0 Å². The lowest BCUT2D eigenvalue weighted by Gasteiger charge is -2.34. The summed E-state index contributed by atoms with van der Waals surface area (Å²) in [6.45, 7) is 13.0. The summed E-state index contributed by atoms with van der Waals surface area (Å²) in [7, 11) is 0. The van der Waals surface area contributed by atoms with Gasteiger partial charge in [-0.25, -0.2) is 4.98 Å². The van der Waals surface area contributed by atoms with Crippen LogP contribution in [-0.2, 0) is 14.3 Å². The lowest BCUT2D eigenvalue weighted by Crippen LogP contribution is -2.47. The van der Waals surface area contributed by atoms with Crippen molar-refractivity contribution in [1.82, 2.24) is 10.3 Å². The van der Waals surface area contributed by atoms with Crippen molar-refractivity contribution in [3.05, 3.63) is 21.7 Å². The van der Waals surface area contributed by atoms with E-state index in [2.05, 4.69) is 17.2 Å². The van der Waals surface area contributed by atoms with E-state index in [0.29, 0.717) is 6.42 Å². The van der Waals surface area contributed by atoms with Crippen LogP contribution in [0.3, 0.4) is 0 Å². The Labute approximate surface area is 213 Å². The lowest BCUT2D eigenvalue weighted by atomic mass is 9.72. The SMILES string of the molecule is C/C(=C/c1csc(C)n1)C1CC2OC2(C)CCCC(C)C(O)C(C)C(=O)C(C)(C)C(O)CC(=O)N1. The molecule has 2 aliphatic rings. The number of ketones is 1. The Morgan fingerprint density at radius 3 is 2.57 bits per heavy atom. The minimum atomic E-state index is -1.17. The molecular formula is C27H42N2O5S. The summed E-state index contributed by atoms with van der Waals surface area (Å²) in [6, 6.07) is -0.269. The van der Waals surface area contributed by atoms with Gasteiger partial charge in [0.25, 0.3) is 0 Å². The van der Waals surface area contributed by atoms with Gasteiger partial charge in [0.05, 0.1) is 52.5 Å². The van der Waals surface area contributed by atoms with Gasteiger partial charge < -0.3 is 20.3 Å². The maximum atomic E-state index is 13.2. The topological polar surface area (TPSA) is 112 Å². The largest absolute Gasteiger partial charge is 0.392 e. The molecule has 7 atom stereocenters. The van der Waals surface area contributed by atoms with Crippen molar-refractivity contribution < 1.29 is 24.5 Å². The minimum absolute atomic E-state index is 0.0170. The lowest BCUT2D eigenvalue weighted by molar-refractivity contribution is -0.143. The number of ether oxygens (including phenoxy) is 1. The standard InChI is InChI=1S/C27H42N2O5S/c1-15-9-8-10-27(7)22(34-27)12-20(16(2)11-19-14-35-18(4)28-19)29-23(31)13-21(30)26(5,6)25(33)17(3)24(15)32/h11,14-15,17,20-22,24,30,32H,8-10,12-13H2,1-7H3,(H,29,31)/b16-11-. The molecular weight excluding hydrogens is 464 g/mol. The number of carbonyl (C=O) groups excluding carboxylic acids is 2. The first kappa shape index (κ1) is 28.0. The fraction of sp³-hybridized carbons (Fsp3) is 0.741. The quantitative estimate of drug-likeness (QED) is 0.522. The van der Waals surface area contributed by atoms with Crippen molar-refractivity contribution in [3.8, 4) is 0 Å². The summed E-state index contributed by atoms with van der Waals surface area (Å²) in [5, 5.41) is 27.8. The number of amides is 1. The average Bonchev–Trinajstić information content (AvgIpc) is 3.22. The van der Waals surface area contributed by atoms with Gasteiger partial charge in [-0.05, 0) is 51.2 Å². The number of aliphatic hydroxyl groups excluding tert-OH is 2. The van der Waals surface area contributed by atoms with Crippen molar-refractivity contribution >= 4 is 29.1 Å². The first-order valence-electron chi connectivity index (χ1n) is 12.7. The molecule has 7 unspecified atom stereocenters. The molecule has 0 spiro atoms. The number of nitrogens with one attached hydrogen (secondary N) is 1. The van der Waals surface area contributed by atoms with Crippen LogP contribution in [0.1, 0.15) is 84.3 Å². The Bertz CT molecular complexity index is 957. The number of Topliss-reactive ketones (excluding diaryl/α,β-unsaturated/α-hetero) is 1. The van der Waals surface area contributed by atoms with E-state index in [0.717, 1.165) is 35.5 Å². The molecule has 1 aromatic heterocycles. The highest BCUT2D eigenvalue weighted by molar-refractivity contribution is 7.09. The summed E-state index contributed by atoms with van der Waals surface area (Å²) >= 11 is 1.58. The van der Waals surface area contributed by atoms with Crippen LogP contribution in [0, 0.1) is 24.2 Å². The second-order valence-electron chi connectivity index (χ2n) is 11.4. The number of aryl methyl sites for hydroxylation is 1. The third-order valence-corrected chi connectivity index (χ3v) is 8.86. The molecule has 1 amide bonds. The van der Waals surface area contributed by atoms with Gasteiger partial charge in [-0.3, -0.25) is 9.59 Å². The van der Waals surface area contributed by atoms with Crippen LogP contribution in [0.5, 0.6) is 0 Å². The summed E-state index contributed by atoms with van der Waals surface area (Å²) in [5.41, 5.74) is 0.410. The molecule has 0 aromatic carbocycles. The zero-order valence-electron chi connectivity index (χ0n) is 22.1. The highest BCUT2D eigenvalue weighted by Gasteiger charge is 2.52. The summed E-state index contributed by atoms with van der Waals surface area (Å²) < 4.78 is 6.10. The number of carbonyl (C=O) groups is 2. The first-order chi connectivity index (χ1) is 16.2. The van der Waals surface area contributed by atoms with Crippen molar-refractivity contribution in [3.63, 3.8) is 0 Å². The molecule has 0 bridgehead atoms. The minimum Gasteiger partial charge on any atom is -0.392 e. The molecule has 2 saturated heterocycles. The van der Waals surface area contributed by atoms with Crippen molar-refractivity contribution in [1.29, 1.82) is 0 Å². The Balaban J connectivity index is 1.85. The van der Waals surface area contributed by atoms with E-state index in [1.807, 2.05) is 32.2 Å². The highest BCUT2D eigenvalue weighted by atomic mass is 32.1. The highest BCUT2D eigenvalue weighted by Crippen LogP contribution is 2.44. The fourth-order valence-corrected chi connectivity index (χ4v) is 5.76. The summed E-state index contributed by atoms with van der Waals surface area (Å²) in [6.07, 6.45) is 2.99. The zero-order chi connectivity index (χ0) is 26.1. The first-order valence-corrected chi connectivity index (χ1v) is 13.6. The van der Waals surface area contributed by atoms with Gasteiger partial charge in [-0.15, -0.1) is 11.3 Å². The van der Waals surface area contributed by atoms with E-state index in [1.165, 1.54) is 0 Å². The predicted molar refractivity (Wildman–Crippen MR) is 138 cm³/mol. The smallest absolute Gasteiger partial charge is 0.223 e. The van der Waals surface area contributed by atoms with Crippen LogP contribution in [0.25, 0.3) is 6.08 Å². The number of hydrogen-bond donors (Lipinski definition) is 3. The Morgan fingerprint density at radius 1 is 1.26 bits per heavy atom. The van der Waals surface area contributed by atoms with Crippen molar-refractivity contribution in [2.45, 2.75) is 111 Å². The van der Waals surface area contributed by atoms with Gasteiger partial charge >= 0.3 is 0 Å². The van der Waals surface area contributed by atoms with E-state index in [9.17, 15) is 19.8 Å². The molecule has 3 rings (SSSR count). The van der Waals surface area contributed by atoms with Gasteiger partial charge in [-0.1, -0.05) is 34.1 Å². The molecule has 3 heterocycles. The maximum absolute atomic E-state index is 13.2. The Kier molecular flexibility index (Phi) is 8.62. The van der Waals surface area contributed by atoms with Crippen LogP contribution >= 0.6 is 11.3 Å². The molecule has 8 heteroatoms. The number of thiazole rings is 1. The molecule has 2 fully saturated rings. The normalized spacial score (nSPS) is 37.5. The van der Waals surface area contributed by atoms with Crippen LogP contribution in [0.4, 0.5) is 0 Å². The van der Waals surface area contributed by atoms with Gasteiger partial charge in [0.1, 0.15) is 5.78 Å². The summed E-state index contributed by atoms with van der Waals surface area (Å²) in [5.74, 6) is -1.24. The average molecular weight is 507 g/mol. The molecule has 1 aromatic rings. The van der Waals surface area contributed by atoms with Crippen LogP contribution in [-0.4, -0.2) is 56.8 Å². The van der Waals surface area contributed by atoms with E-state index < -0.39 is 23.5 Å². The number of epoxide rings is 1. The number of aromatic nitrogens is 1. The maximum Gasteiger partial charge on any atom is 0.223 e. The number of hydrogen-bond acceptors (Lipinski definition) is 7. The van der Waals surface area contributed by atoms with Crippen molar-refractivity contribution in [2.75, 3.05) is 0 Å². The molecule has 2 aliphatic heterocycles. The van der Waals surface area contributed by atoms with E-state index in [4.69, 9.17) is 4.74 Å². The zero-order valence-corrected chi connectivity index (χ0v) is 22.9. The second kappa shape index (κ2) is 10.8.